The van der Waals surface area contributed by atoms with Crippen molar-refractivity contribution in [2.24, 2.45) is 17.6 Å². The van der Waals surface area contributed by atoms with Gasteiger partial charge in [0.2, 0.25) is 0 Å². The topological polar surface area (TPSA) is 109 Å². The summed E-state index contributed by atoms with van der Waals surface area (Å²) in [6, 6.07) is 0.108. The van der Waals surface area contributed by atoms with Gasteiger partial charge < -0.3 is 15.7 Å². The Bertz CT molecular complexity index is 532. The van der Waals surface area contributed by atoms with Crippen molar-refractivity contribution in [2.45, 2.75) is 26.3 Å². The van der Waals surface area contributed by atoms with Crippen LogP contribution in [-0.4, -0.2) is 51.0 Å². The number of hydrogen-bond donors (Lipinski definition) is 2. The molecule has 0 radical (unpaired) electrons. The van der Waals surface area contributed by atoms with Crippen molar-refractivity contribution in [3.05, 3.63) is 23.8 Å². The molecule has 114 valence electrons. The third kappa shape index (κ3) is 3.18. The van der Waals surface area contributed by atoms with Crippen LogP contribution in [0.15, 0.2) is 12.4 Å². The fourth-order valence-electron chi connectivity index (χ4n) is 2.76. The maximum absolute atomic E-state index is 12.5. The highest BCUT2D eigenvalue weighted by molar-refractivity contribution is 5.93. The molecule has 3 unspecified atom stereocenters. The van der Waals surface area contributed by atoms with Gasteiger partial charge in [-0.2, -0.15) is 0 Å². The van der Waals surface area contributed by atoms with Crippen LogP contribution >= 0.6 is 0 Å². The number of rotatable bonds is 3. The second-order valence-electron chi connectivity index (χ2n) is 5.61. The molecule has 0 spiro atoms. The lowest BCUT2D eigenvalue weighted by molar-refractivity contribution is 0.0462. The number of nitrogens with two attached hydrogens (primary N) is 1. The van der Waals surface area contributed by atoms with Crippen molar-refractivity contribution in [3.63, 3.8) is 0 Å². The Morgan fingerprint density at radius 3 is 2.48 bits per heavy atom. The van der Waals surface area contributed by atoms with E-state index in [1.165, 1.54) is 6.20 Å². The van der Waals surface area contributed by atoms with Crippen LogP contribution < -0.4 is 5.73 Å². The average Bonchev–Trinajstić information content (AvgIpc) is 2.47. The van der Waals surface area contributed by atoms with Gasteiger partial charge in [-0.3, -0.25) is 4.79 Å². The molecule has 2 rings (SSSR count). The first-order valence-corrected chi connectivity index (χ1v) is 7.00. The van der Waals surface area contributed by atoms with Crippen molar-refractivity contribution in [3.8, 4) is 0 Å². The molecule has 1 fully saturated rings. The van der Waals surface area contributed by atoms with Gasteiger partial charge in [0, 0.05) is 12.6 Å². The molecular formula is C14H20N4O3. The molecule has 3 atom stereocenters. The highest BCUT2D eigenvalue weighted by Crippen LogP contribution is 2.27. The summed E-state index contributed by atoms with van der Waals surface area (Å²) in [5.41, 5.74) is 5.75. The minimum absolute atomic E-state index is 0.108. The van der Waals surface area contributed by atoms with Gasteiger partial charge >= 0.3 is 5.97 Å². The van der Waals surface area contributed by atoms with Crippen LogP contribution in [0.2, 0.25) is 0 Å². The first-order valence-electron chi connectivity index (χ1n) is 7.00. The first kappa shape index (κ1) is 15.4. The predicted octanol–water partition coefficient (Wildman–Crippen LogP) is 0.620. The van der Waals surface area contributed by atoms with Gasteiger partial charge in [0.25, 0.3) is 5.91 Å². The summed E-state index contributed by atoms with van der Waals surface area (Å²) in [5, 5.41) is 8.79. The molecular weight excluding hydrogens is 272 g/mol. The lowest BCUT2D eigenvalue weighted by Crippen LogP contribution is -2.50. The number of aromatic nitrogens is 2. The smallest absolute Gasteiger partial charge is 0.356 e. The normalized spacial score (nSPS) is 25.7. The van der Waals surface area contributed by atoms with E-state index in [9.17, 15) is 9.59 Å². The zero-order valence-electron chi connectivity index (χ0n) is 12.2. The van der Waals surface area contributed by atoms with Crippen molar-refractivity contribution >= 4 is 11.9 Å². The van der Waals surface area contributed by atoms with Crippen LogP contribution in [0.25, 0.3) is 0 Å². The van der Waals surface area contributed by atoms with Gasteiger partial charge in [0.05, 0.1) is 12.4 Å². The number of hydrogen-bond acceptors (Lipinski definition) is 5. The van der Waals surface area contributed by atoms with Crippen LogP contribution in [0, 0.1) is 11.8 Å². The largest absolute Gasteiger partial charge is 0.476 e. The van der Waals surface area contributed by atoms with E-state index in [0.29, 0.717) is 19.0 Å². The van der Waals surface area contributed by atoms with Gasteiger partial charge in [-0.1, -0.05) is 6.92 Å². The molecule has 1 aromatic rings. The maximum atomic E-state index is 12.5. The van der Waals surface area contributed by atoms with E-state index in [4.69, 9.17) is 10.8 Å². The lowest BCUT2D eigenvalue weighted by atomic mass is 9.83. The van der Waals surface area contributed by atoms with Gasteiger partial charge in [-0.05, 0) is 31.7 Å². The number of carbonyl (C=O) groups is 2. The molecule has 0 aromatic carbocycles. The number of carboxylic acid groups (broad SMARTS) is 1. The maximum Gasteiger partial charge on any atom is 0.356 e. The SMILES string of the molecule is CC1CC(C)N(C(=O)c2cnc(C(=O)O)cn2)CC1CN. The standard InChI is InChI=1S/C14H20N4O3/c1-8-3-9(2)18(7-10(8)4-15)13(19)11-5-17-12(6-16-11)14(20)21/h5-6,8-10H,3-4,7,15H2,1-2H3,(H,20,21). The van der Waals surface area contributed by atoms with Gasteiger partial charge in [-0.15, -0.1) is 0 Å². The van der Waals surface area contributed by atoms with Crippen molar-refractivity contribution in [1.82, 2.24) is 14.9 Å². The van der Waals surface area contributed by atoms with Crippen LogP contribution in [0.3, 0.4) is 0 Å². The molecule has 3 N–H and O–H groups in total. The molecule has 1 saturated heterocycles. The second kappa shape index (κ2) is 6.17. The molecule has 1 aliphatic heterocycles. The van der Waals surface area contributed by atoms with Crippen LogP contribution in [0.4, 0.5) is 0 Å². The van der Waals surface area contributed by atoms with E-state index in [-0.39, 0.29) is 29.3 Å². The minimum atomic E-state index is -1.16. The Labute approximate surface area is 123 Å². The number of likely N-dealkylation sites (tertiary alicyclic amines) is 1. The number of carbonyl (C=O) groups excluding carboxylic acids is 1. The fraction of sp³-hybridized carbons (Fsp3) is 0.571. The van der Waals surface area contributed by atoms with Crippen molar-refractivity contribution < 1.29 is 14.7 Å². The lowest BCUT2D eigenvalue weighted by Gasteiger charge is -2.41. The summed E-state index contributed by atoms with van der Waals surface area (Å²) in [4.78, 5) is 32.6. The van der Waals surface area contributed by atoms with E-state index >= 15 is 0 Å². The zero-order valence-corrected chi connectivity index (χ0v) is 12.2. The summed E-state index contributed by atoms with van der Waals surface area (Å²) in [6.45, 7) is 5.29. The van der Waals surface area contributed by atoms with Gasteiger partial charge in [-0.25, -0.2) is 14.8 Å². The van der Waals surface area contributed by atoms with Gasteiger partial charge in [0.15, 0.2) is 5.69 Å². The molecule has 0 saturated carbocycles. The van der Waals surface area contributed by atoms with Crippen molar-refractivity contribution in [1.29, 1.82) is 0 Å². The summed E-state index contributed by atoms with van der Waals surface area (Å²) < 4.78 is 0. The summed E-state index contributed by atoms with van der Waals surface area (Å²) >= 11 is 0. The molecule has 0 bridgehead atoms. The molecule has 7 heteroatoms. The highest BCUT2D eigenvalue weighted by Gasteiger charge is 2.33. The van der Waals surface area contributed by atoms with Crippen LogP contribution in [0.1, 0.15) is 41.2 Å². The van der Waals surface area contributed by atoms with E-state index in [1.54, 1.807) is 4.90 Å². The van der Waals surface area contributed by atoms with Crippen LogP contribution in [-0.2, 0) is 0 Å². The second-order valence-corrected chi connectivity index (χ2v) is 5.61. The molecule has 7 nitrogen and oxygen atoms in total. The Kier molecular flexibility index (Phi) is 4.52. The summed E-state index contributed by atoms with van der Waals surface area (Å²) in [5.74, 6) is -0.631. The van der Waals surface area contributed by atoms with E-state index in [0.717, 1.165) is 12.6 Å². The zero-order chi connectivity index (χ0) is 15.6. The number of piperidine rings is 1. The Morgan fingerprint density at radius 2 is 1.95 bits per heavy atom. The quantitative estimate of drug-likeness (QED) is 0.845. The van der Waals surface area contributed by atoms with Crippen LogP contribution in [0.5, 0.6) is 0 Å². The molecule has 0 aliphatic carbocycles. The average molecular weight is 292 g/mol. The monoisotopic (exact) mass is 292 g/mol. The third-order valence-electron chi connectivity index (χ3n) is 4.13. The first-order chi connectivity index (χ1) is 9.93. The Morgan fingerprint density at radius 1 is 1.33 bits per heavy atom. The predicted molar refractivity (Wildman–Crippen MR) is 75.8 cm³/mol. The number of carboxylic acids is 1. The molecule has 21 heavy (non-hydrogen) atoms. The fourth-order valence-corrected chi connectivity index (χ4v) is 2.76. The number of aromatic carboxylic acids is 1. The minimum Gasteiger partial charge on any atom is -0.476 e. The summed E-state index contributed by atoms with van der Waals surface area (Å²) in [6.07, 6.45) is 3.22. The highest BCUT2D eigenvalue weighted by atomic mass is 16.4. The van der Waals surface area contributed by atoms with Crippen molar-refractivity contribution in [2.75, 3.05) is 13.1 Å². The summed E-state index contributed by atoms with van der Waals surface area (Å²) in [7, 11) is 0. The van der Waals surface area contributed by atoms with Gasteiger partial charge in [0.1, 0.15) is 5.69 Å². The molecule has 1 amide bonds. The third-order valence-corrected chi connectivity index (χ3v) is 4.13. The van der Waals surface area contributed by atoms with E-state index < -0.39 is 5.97 Å². The Balaban J connectivity index is 2.16. The molecule has 2 heterocycles. The molecule has 1 aromatic heterocycles. The Hall–Kier alpha value is -2.02. The number of nitrogens with zero attached hydrogens (tertiary/aromatic N) is 3. The van der Waals surface area contributed by atoms with E-state index in [1.807, 2.05) is 6.92 Å². The number of amides is 1. The molecule has 1 aliphatic rings. The van der Waals surface area contributed by atoms with E-state index in [2.05, 4.69) is 16.9 Å².